The summed E-state index contributed by atoms with van der Waals surface area (Å²) in [5.74, 6) is 0. The quantitative estimate of drug-likeness (QED) is 0.422. The fraction of sp³-hybridized carbons (Fsp3) is 0.231. The van der Waals surface area contributed by atoms with Gasteiger partial charge in [-0.25, -0.2) is 19.7 Å². The molecule has 0 saturated carbocycles. The van der Waals surface area contributed by atoms with Gasteiger partial charge in [-0.1, -0.05) is 29.5 Å². The summed E-state index contributed by atoms with van der Waals surface area (Å²) in [6.45, 7) is 4.71. The molecule has 3 heterocycles. The molecule has 0 radical (unpaired) electrons. The summed E-state index contributed by atoms with van der Waals surface area (Å²) >= 11 is 1.37. The van der Waals surface area contributed by atoms with Gasteiger partial charge in [-0.2, -0.15) is 10.5 Å². The van der Waals surface area contributed by atoms with Gasteiger partial charge in [0.15, 0.2) is 5.13 Å². The van der Waals surface area contributed by atoms with Crippen molar-refractivity contribution < 1.29 is 4.79 Å². The molecule has 0 bridgehead atoms. The van der Waals surface area contributed by atoms with Crippen molar-refractivity contribution in [2.24, 2.45) is 5.41 Å². The summed E-state index contributed by atoms with van der Waals surface area (Å²) in [5, 5.41) is 23.1. The fourth-order valence-corrected chi connectivity index (χ4v) is 5.20. The third-order valence-electron chi connectivity index (χ3n) is 6.23. The summed E-state index contributed by atoms with van der Waals surface area (Å²) in [6, 6.07) is 17.4. The Morgan fingerprint density at radius 2 is 2.03 bits per heavy atom. The van der Waals surface area contributed by atoms with Crippen molar-refractivity contribution in [1.29, 1.82) is 10.5 Å². The minimum atomic E-state index is -0.528. The van der Waals surface area contributed by atoms with Crippen LogP contribution in [0.4, 0.5) is 9.93 Å². The topological polar surface area (TPSA) is 119 Å². The first-order chi connectivity index (χ1) is 16.9. The number of amides is 2. The molecule has 35 heavy (non-hydrogen) atoms. The molecule has 0 unspecified atom stereocenters. The Bertz CT molecular complexity index is 1550. The Morgan fingerprint density at radius 3 is 2.80 bits per heavy atom. The molecule has 0 spiro atoms. The number of nitrogens with one attached hydrogen (secondary N) is 1. The summed E-state index contributed by atoms with van der Waals surface area (Å²) in [4.78, 5) is 28.9. The first kappa shape index (κ1) is 22.5. The first-order valence-electron chi connectivity index (χ1n) is 11.1. The van der Waals surface area contributed by atoms with Gasteiger partial charge in [0.05, 0.1) is 39.2 Å². The number of aryl methyl sites for hydroxylation is 1. The maximum Gasteiger partial charge on any atom is 0.323 e. The van der Waals surface area contributed by atoms with Crippen LogP contribution in [-0.4, -0.2) is 39.0 Å². The van der Waals surface area contributed by atoms with Crippen LogP contribution in [0.3, 0.4) is 0 Å². The average Bonchev–Trinajstić information content (AvgIpc) is 3.49. The molecular weight excluding hydrogens is 458 g/mol. The Kier molecular flexibility index (Phi) is 5.64. The molecule has 2 aromatic carbocycles. The predicted octanol–water partition coefficient (Wildman–Crippen LogP) is 5.37. The SMILES string of the molecule is Cc1ncnc2ccc(-c3sc(NC(=O)N4CC[C@@](C)(C#N)C4)nc3-c3cccc(C#N)c3)cc12. The zero-order valence-electron chi connectivity index (χ0n) is 19.2. The maximum atomic E-state index is 12.9. The molecule has 2 amide bonds. The number of hydrogen-bond acceptors (Lipinski definition) is 7. The van der Waals surface area contributed by atoms with Gasteiger partial charge in [0.1, 0.15) is 6.33 Å². The monoisotopic (exact) mass is 479 g/mol. The number of nitriles is 2. The molecule has 1 atom stereocenters. The van der Waals surface area contributed by atoms with E-state index in [4.69, 9.17) is 4.98 Å². The van der Waals surface area contributed by atoms with E-state index in [1.807, 2.05) is 44.2 Å². The molecule has 9 heteroatoms. The van der Waals surface area contributed by atoms with E-state index >= 15 is 0 Å². The van der Waals surface area contributed by atoms with Crippen molar-refractivity contribution in [3.8, 4) is 33.8 Å². The second-order valence-electron chi connectivity index (χ2n) is 8.85. The zero-order valence-corrected chi connectivity index (χ0v) is 20.1. The number of nitrogens with zero attached hydrogens (tertiary/aromatic N) is 6. The Morgan fingerprint density at radius 1 is 1.17 bits per heavy atom. The number of aromatic nitrogens is 3. The summed E-state index contributed by atoms with van der Waals surface area (Å²) in [5.41, 5.74) is 4.11. The van der Waals surface area contributed by atoms with Crippen molar-refractivity contribution in [3.05, 3.63) is 60.0 Å². The first-order valence-corrected chi connectivity index (χ1v) is 11.9. The largest absolute Gasteiger partial charge is 0.323 e. The van der Waals surface area contributed by atoms with Gasteiger partial charge in [-0.15, -0.1) is 0 Å². The maximum absolute atomic E-state index is 12.9. The van der Waals surface area contributed by atoms with Gasteiger partial charge in [0.2, 0.25) is 0 Å². The van der Waals surface area contributed by atoms with Crippen LogP contribution in [0.25, 0.3) is 32.6 Å². The van der Waals surface area contributed by atoms with Gasteiger partial charge in [0, 0.05) is 29.7 Å². The van der Waals surface area contributed by atoms with Crippen LogP contribution in [0.2, 0.25) is 0 Å². The van der Waals surface area contributed by atoms with Crippen LogP contribution < -0.4 is 5.32 Å². The van der Waals surface area contributed by atoms with Gasteiger partial charge in [-0.05, 0) is 50.1 Å². The molecule has 1 aliphatic rings. The Labute approximate surface area is 206 Å². The number of carbonyl (C=O) groups is 1. The molecule has 2 aromatic heterocycles. The lowest BCUT2D eigenvalue weighted by molar-refractivity contribution is 0.219. The van der Waals surface area contributed by atoms with Crippen molar-refractivity contribution in [2.45, 2.75) is 20.3 Å². The van der Waals surface area contributed by atoms with E-state index in [0.29, 0.717) is 35.9 Å². The molecule has 5 rings (SSSR count). The molecule has 4 aromatic rings. The van der Waals surface area contributed by atoms with Gasteiger partial charge in [-0.3, -0.25) is 5.32 Å². The highest BCUT2D eigenvalue weighted by molar-refractivity contribution is 7.19. The molecule has 8 nitrogen and oxygen atoms in total. The molecule has 1 saturated heterocycles. The second-order valence-corrected chi connectivity index (χ2v) is 9.85. The minimum Gasteiger partial charge on any atom is -0.323 e. The smallest absolute Gasteiger partial charge is 0.323 e. The van der Waals surface area contributed by atoms with E-state index in [9.17, 15) is 15.3 Å². The van der Waals surface area contributed by atoms with E-state index in [0.717, 1.165) is 32.6 Å². The highest BCUT2D eigenvalue weighted by Gasteiger charge is 2.36. The summed E-state index contributed by atoms with van der Waals surface area (Å²) in [7, 11) is 0. The number of fused-ring (bicyclic) bond motifs is 1. The van der Waals surface area contributed by atoms with Crippen molar-refractivity contribution in [1.82, 2.24) is 19.9 Å². The molecule has 172 valence electrons. The third-order valence-corrected chi connectivity index (χ3v) is 7.25. The van der Waals surface area contributed by atoms with Crippen molar-refractivity contribution >= 4 is 33.4 Å². The number of benzene rings is 2. The summed E-state index contributed by atoms with van der Waals surface area (Å²) in [6.07, 6.45) is 2.19. The molecule has 1 N–H and O–H groups in total. The van der Waals surface area contributed by atoms with E-state index in [1.165, 1.54) is 11.3 Å². The highest BCUT2D eigenvalue weighted by atomic mass is 32.1. The highest BCUT2D eigenvalue weighted by Crippen LogP contribution is 2.40. The fourth-order valence-electron chi connectivity index (χ4n) is 4.22. The van der Waals surface area contributed by atoms with Crippen LogP contribution in [0.1, 0.15) is 24.6 Å². The standard InChI is InChI=1S/C26H21N7OS/c1-16-20-11-19(6-7-21(20)30-15-29-16)23-22(18-5-3-4-17(10-18)12-27)31-24(35-23)32-25(34)33-9-8-26(2,13-28)14-33/h3-7,10-11,15H,8-9,14H2,1-2H3,(H,31,32,34)/t26-/m0/s1. The number of likely N-dealkylation sites (tertiary alicyclic amines) is 1. The normalized spacial score (nSPS) is 17.2. The van der Waals surface area contributed by atoms with E-state index < -0.39 is 5.41 Å². The second kappa shape index (κ2) is 8.79. The van der Waals surface area contributed by atoms with Crippen molar-refractivity contribution in [3.63, 3.8) is 0 Å². The lowest BCUT2D eigenvalue weighted by atomic mass is 9.92. The van der Waals surface area contributed by atoms with Crippen LogP contribution in [0.15, 0.2) is 48.8 Å². The van der Waals surface area contributed by atoms with Crippen molar-refractivity contribution in [2.75, 3.05) is 18.4 Å². The van der Waals surface area contributed by atoms with Crippen LogP contribution in [0, 0.1) is 35.0 Å². The number of anilines is 1. The van der Waals surface area contributed by atoms with Crippen LogP contribution in [0.5, 0.6) is 0 Å². The molecule has 1 aliphatic heterocycles. The minimum absolute atomic E-state index is 0.274. The molecule has 1 fully saturated rings. The third kappa shape index (κ3) is 4.30. The predicted molar refractivity (Wildman–Crippen MR) is 134 cm³/mol. The van der Waals surface area contributed by atoms with E-state index in [2.05, 4.69) is 27.4 Å². The lowest BCUT2D eigenvalue weighted by Gasteiger charge is -2.17. The van der Waals surface area contributed by atoms with E-state index in [-0.39, 0.29) is 6.03 Å². The average molecular weight is 480 g/mol. The van der Waals surface area contributed by atoms with Gasteiger partial charge < -0.3 is 4.90 Å². The number of thiazole rings is 1. The van der Waals surface area contributed by atoms with Crippen LogP contribution >= 0.6 is 11.3 Å². The van der Waals surface area contributed by atoms with E-state index in [1.54, 1.807) is 23.4 Å². The number of hydrogen-bond donors (Lipinski definition) is 1. The number of rotatable bonds is 3. The zero-order chi connectivity index (χ0) is 24.6. The number of urea groups is 1. The van der Waals surface area contributed by atoms with Gasteiger partial charge in [0.25, 0.3) is 0 Å². The molecular formula is C26H21N7OS. The lowest BCUT2D eigenvalue weighted by Crippen LogP contribution is -2.34. The number of carbonyl (C=O) groups excluding carboxylic acids is 1. The van der Waals surface area contributed by atoms with Gasteiger partial charge >= 0.3 is 6.03 Å². The molecule has 0 aliphatic carbocycles. The Hall–Kier alpha value is -4.34. The summed E-state index contributed by atoms with van der Waals surface area (Å²) < 4.78 is 0. The van der Waals surface area contributed by atoms with Crippen LogP contribution in [-0.2, 0) is 0 Å². The Balaban J connectivity index is 1.56.